The zero-order valence-corrected chi connectivity index (χ0v) is 19.8. The molecule has 0 bridgehead atoms. The second-order valence-corrected chi connectivity index (χ2v) is 9.86. The molecule has 0 radical (unpaired) electrons. The second kappa shape index (κ2) is 9.27. The number of amides is 1. The molecule has 2 aromatic heterocycles. The maximum Gasteiger partial charge on any atom is 0.228 e. The highest BCUT2D eigenvalue weighted by molar-refractivity contribution is 7.11. The largest absolute Gasteiger partial charge is 0.355 e. The van der Waals surface area contributed by atoms with Crippen LogP contribution in [-0.4, -0.2) is 51.9 Å². The first-order chi connectivity index (χ1) is 16.1. The Bertz CT molecular complexity index is 1300. The van der Waals surface area contributed by atoms with Gasteiger partial charge >= 0.3 is 0 Å². The molecule has 3 heterocycles. The van der Waals surface area contributed by atoms with Gasteiger partial charge < -0.3 is 9.80 Å². The number of hydrogen-bond donors (Lipinski definition) is 0. The first kappa shape index (κ1) is 21.5. The van der Waals surface area contributed by atoms with E-state index in [1.807, 2.05) is 18.7 Å². The van der Waals surface area contributed by atoms with Crippen LogP contribution in [0.5, 0.6) is 0 Å². The molecule has 4 aromatic rings. The molecular formula is C26H27N5OS. The van der Waals surface area contributed by atoms with E-state index in [9.17, 15) is 4.79 Å². The molecule has 1 aliphatic rings. The standard InChI is InChI=1S/C26H27N5OS/c1-18-23(29-19(2)33-18)16-26(32)31-11-5-10-30(12-13-31)25-15-24(27-17-28-25)22-9-8-20-6-3-4-7-21(20)14-22/h3-4,6-9,14-15,17H,5,10-13,16H2,1-2H3. The predicted molar refractivity (Wildman–Crippen MR) is 134 cm³/mol. The van der Waals surface area contributed by atoms with Crippen molar-refractivity contribution in [3.63, 3.8) is 0 Å². The number of carbonyl (C=O) groups is 1. The fourth-order valence-electron chi connectivity index (χ4n) is 4.41. The van der Waals surface area contributed by atoms with Crippen molar-refractivity contribution in [2.75, 3.05) is 31.1 Å². The van der Waals surface area contributed by atoms with E-state index in [2.05, 4.69) is 68.4 Å². The summed E-state index contributed by atoms with van der Waals surface area (Å²) < 4.78 is 0. The highest BCUT2D eigenvalue weighted by Gasteiger charge is 2.22. The number of thiazole rings is 1. The SMILES string of the molecule is Cc1nc(CC(=O)N2CCCN(c3cc(-c4ccc5ccccc5c4)ncn3)CC2)c(C)s1. The normalized spacial score (nSPS) is 14.5. The van der Waals surface area contributed by atoms with Gasteiger partial charge in [-0.05, 0) is 37.1 Å². The molecule has 6 nitrogen and oxygen atoms in total. The topological polar surface area (TPSA) is 62.2 Å². The van der Waals surface area contributed by atoms with Crippen LogP contribution in [-0.2, 0) is 11.2 Å². The Hall–Kier alpha value is -3.32. The Morgan fingerprint density at radius 2 is 1.82 bits per heavy atom. The average Bonchev–Trinajstić information content (AvgIpc) is 3.02. The summed E-state index contributed by atoms with van der Waals surface area (Å²) in [6.45, 7) is 7.11. The maximum atomic E-state index is 12.9. The Balaban J connectivity index is 1.29. The number of fused-ring (bicyclic) bond motifs is 1. The van der Waals surface area contributed by atoms with E-state index in [0.29, 0.717) is 13.0 Å². The molecule has 0 atom stereocenters. The Morgan fingerprint density at radius 1 is 0.970 bits per heavy atom. The second-order valence-electron chi connectivity index (χ2n) is 8.46. The summed E-state index contributed by atoms with van der Waals surface area (Å²) in [7, 11) is 0. The molecule has 1 fully saturated rings. The number of aryl methyl sites for hydroxylation is 2. The van der Waals surface area contributed by atoms with Gasteiger partial charge in [0, 0.05) is 42.7 Å². The van der Waals surface area contributed by atoms with Crippen molar-refractivity contribution in [3.05, 3.63) is 70.4 Å². The number of rotatable bonds is 4. The molecule has 1 aliphatic heterocycles. The van der Waals surface area contributed by atoms with Crippen LogP contribution in [0.4, 0.5) is 5.82 Å². The number of aromatic nitrogens is 3. The first-order valence-electron chi connectivity index (χ1n) is 11.3. The third-order valence-corrected chi connectivity index (χ3v) is 7.12. The monoisotopic (exact) mass is 457 g/mol. The number of nitrogens with zero attached hydrogens (tertiary/aromatic N) is 5. The molecule has 0 N–H and O–H groups in total. The number of benzene rings is 2. The van der Waals surface area contributed by atoms with Crippen LogP contribution < -0.4 is 4.90 Å². The molecule has 2 aromatic carbocycles. The van der Waals surface area contributed by atoms with Gasteiger partial charge in [0.15, 0.2) is 0 Å². The summed E-state index contributed by atoms with van der Waals surface area (Å²) in [6.07, 6.45) is 2.94. The minimum absolute atomic E-state index is 0.157. The summed E-state index contributed by atoms with van der Waals surface area (Å²) in [5.41, 5.74) is 2.91. The number of hydrogen-bond acceptors (Lipinski definition) is 6. The first-order valence-corrected chi connectivity index (χ1v) is 12.2. The molecule has 7 heteroatoms. The van der Waals surface area contributed by atoms with E-state index in [-0.39, 0.29) is 5.91 Å². The molecule has 168 valence electrons. The van der Waals surface area contributed by atoms with Gasteiger partial charge in [-0.1, -0.05) is 36.4 Å². The van der Waals surface area contributed by atoms with Crippen molar-refractivity contribution in [3.8, 4) is 11.3 Å². The molecule has 0 aliphatic carbocycles. The highest BCUT2D eigenvalue weighted by atomic mass is 32.1. The van der Waals surface area contributed by atoms with Crippen LogP contribution >= 0.6 is 11.3 Å². The van der Waals surface area contributed by atoms with E-state index >= 15 is 0 Å². The highest BCUT2D eigenvalue weighted by Crippen LogP contribution is 2.25. The fraction of sp³-hybridized carbons (Fsp3) is 0.308. The average molecular weight is 458 g/mol. The molecule has 1 amide bonds. The minimum atomic E-state index is 0.157. The van der Waals surface area contributed by atoms with Gasteiger partial charge in [0.05, 0.1) is 22.8 Å². The fourth-order valence-corrected chi connectivity index (χ4v) is 5.25. The summed E-state index contributed by atoms with van der Waals surface area (Å²) in [4.78, 5) is 31.9. The lowest BCUT2D eigenvalue weighted by atomic mass is 10.0. The molecule has 0 spiro atoms. The van der Waals surface area contributed by atoms with Crippen molar-refractivity contribution in [2.45, 2.75) is 26.7 Å². The van der Waals surface area contributed by atoms with Gasteiger partial charge in [-0.2, -0.15) is 0 Å². The smallest absolute Gasteiger partial charge is 0.228 e. The van der Waals surface area contributed by atoms with Gasteiger partial charge in [-0.25, -0.2) is 15.0 Å². The van der Waals surface area contributed by atoms with Gasteiger partial charge in [0.1, 0.15) is 12.1 Å². The van der Waals surface area contributed by atoms with Crippen molar-refractivity contribution in [1.82, 2.24) is 19.9 Å². The molecule has 33 heavy (non-hydrogen) atoms. The predicted octanol–water partition coefficient (Wildman–Crippen LogP) is 4.65. The van der Waals surface area contributed by atoms with E-state index < -0.39 is 0 Å². The summed E-state index contributed by atoms with van der Waals surface area (Å²) in [5.74, 6) is 1.07. The third kappa shape index (κ3) is 4.73. The van der Waals surface area contributed by atoms with E-state index in [1.54, 1.807) is 17.7 Å². The van der Waals surface area contributed by atoms with Gasteiger partial charge in [0.2, 0.25) is 5.91 Å². The van der Waals surface area contributed by atoms with Crippen LogP contribution in [0.25, 0.3) is 22.0 Å². The van der Waals surface area contributed by atoms with Crippen molar-refractivity contribution in [2.24, 2.45) is 0 Å². The minimum Gasteiger partial charge on any atom is -0.355 e. The van der Waals surface area contributed by atoms with Crippen LogP contribution in [0.3, 0.4) is 0 Å². The lowest BCUT2D eigenvalue weighted by molar-refractivity contribution is -0.130. The van der Waals surface area contributed by atoms with Crippen LogP contribution in [0.2, 0.25) is 0 Å². The molecule has 0 unspecified atom stereocenters. The Labute approximate surface area is 197 Å². The van der Waals surface area contributed by atoms with Gasteiger partial charge in [-0.15, -0.1) is 11.3 Å². The quantitative estimate of drug-likeness (QED) is 0.446. The van der Waals surface area contributed by atoms with Crippen molar-refractivity contribution >= 4 is 33.8 Å². The van der Waals surface area contributed by atoms with Gasteiger partial charge in [0.25, 0.3) is 0 Å². The zero-order chi connectivity index (χ0) is 22.8. The summed E-state index contributed by atoms with van der Waals surface area (Å²) in [6, 6.07) is 16.8. The van der Waals surface area contributed by atoms with Gasteiger partial charge in [-0.3, -0.25) is 4.79 Å². The Kier molecular flexibility index (Phi) is 6.05. The zero-order valence-electron chi connectivity index (χ0n) is 19.0. The Morgan fingerprint density at radius 3 is 2.64 bits per heavy atom. The molecule has 1 saturated heterocycles. The number of anilines is 1. The summed E-state index contributed by atoms with van der Waals surface area (Å²) in [5, 5.41) is 3.43. The summed E-state index contributed by atoms with van der Waals surface area (Å²) >= 11 is 1.66. The van der Waals surface area contributed by atoms with E-state index in [4.69, 9.17) is 0 Å². The molecule has 5 rings (SSSR count). The molecule has 0 saturated carbocycles. The van der Waals surface area contributed by atoms with Crippen LogP contribution in [0, 0.1) is 13.8 Å². The molecular weight excluding hydrogens is 430 g/mol. The van der Waals surface area contributed by atoms with Crippen LogP contribution in [0.15, 0.2) is 54.9 Å². The van der Waals surface area contributed by atoms with E-state index in [1.165, 1.54) is 10.8 Å². The van der Waals surface area contributed by atoms with Crippen LogP contribution in [0.1, 0.15) is 22.0 Å². The van der Waals surface area contributed by atoms with Crippen molar-refractivity contribution < 1.29 is 4.79 Å². The van der Waals surface area contributed by atoms with E-state index in [0.717, 1.165) is 58.7 Å². The van der Waals surface area contributed by atoms with Crippen molar-refractivity contribution in [1.29, 1.82) is 0 Å². The lowest BCUT2D eigenvalue weighted by Crippen LogP contribution is -2.36. The number of carbonyl (C=O) groups excluding carboxylic acids is 1. The lowest BCUT2D eigenvalue weighted by Gasteiger charge is -2.23. The third-order valence-electron chi connectivity index (χ3n) is 6.19. The maximum absolute atomic E-state index is 12.9.